The summed E-state index contributed by atoms with van der Waals surface area (Å²) in [4.78, 5) is 11.9. The van der Waals surface area contributed by atoms with Crippen molar-refractivity contribution in [3.8, 4) is 0 Å². The van der Waals surface area contributed by atoms with Crippen LogP contribution in [0.2, 0.25) is 0 Å². The third-order valence-electron chi connectivity index (χ3n) is 3.79. The Morgan fingerprint density at radius 2 is 2.06 bits per heavy atom. The Morgan fingerprint density at radius 1 is 1.33 bits per heavy atom. The summed E-state index contributed by atoms with van der Waals surface area (Å²) in [5.74, 6) is 0.0890. The fourth-order valence-electron chi connectivity index (χ4n) is 2.55. The van der Waals surface area contributed by atoms with Gasteiger partial charge in [0, 0.05) is 11.7 Å². The van der Waals surface area contributed by atoms with E-state index in [0.717, 1.165) is 24.2 Å². The first-order valence-electron chi connectivity index (χ1n) is 6.70. The topological polar surface area (TPSA) is 41.1 Å². The lowest BCUT2D eigenvalue weighted by Crippen LogP contribution is -2.27. The van der Waals surface area contributed by atoms with Gasteiger partial charge in [0.25, 0.3) is 0 Å². The molecule has 1 aromatic rings. The molecule has 0 aromatic heterocycles. The highest BCUT2D eigenvalue weighted by atomic mass is 16.2. The SMILES string of the molecule is CCNC(CC)c1ccc2c(c1)C(C)(C)C(=O)N2. The highest BCUT2D eigenvalue weighted by molar-refractivity contribution is 6.05. The Labute approximate surface area is 109 Å². The van der Waals surface area contributed by atoms with Crippen LogP contribution in [-0.2, 0) is 10.2 Å². The van der Waals surface area contributed by atoms with Crippen LogP contribution in [0, 0.1) is 0 Å². The highest BCUT2D eigenvalue weighted by Crippen LogP contribution is 2.38. The molecule has 1 amide bonds. The maximum absolute atomic E-state index is 11.9. The second kappa shape index (κ2) is 4.73. The second-order valence-electron chi connectivity index (χ2n) is 5.40. The van der Waals surface area contributed by atoms with Crippen LogP contribution in [0.5, 0.6) is 0 Å². The third-order valence-corrected chi connectivity index (χ3v) is 3.79. The summed E-state index contributed by atoms with van der Waals surface area (Å²) >= 11 is 0. The molecule has 0 fully saturated rings. The summed E-state index contributed by atoms with van der Waals surface area (Å²) in [5.41, 5.74) is 2.92. The lowest BCUT2D eigenvalue weighted by atomic mass is 9.84. The van der Waals surface area contributed by atoms with Crippen LogP contribution in [0.25, 0.3) is 0 Å². The number of hydrogen-bond acceptors (Lipinski definition) is 2. The molecule has 1 aliphatic rings. The van der Waals surface area contributed by atoms with Gasteiger partial charge in [0.05, 0.1) is 5.41 Å². The smallest absolute Gasteiger partial charge is 0.234 e. The maximum atomic E-state index is 11.9. The van der Waals surface area contributed by atoms with Crippen LogP contribution >= 0.6 is 0 Å². The zero-order valence-electron chi connectivity index (χ0n) is 11.6. The Hall–Kier alpha value is -1.35. The zero-order chi connectivity index (χ0) is 13.3. The molecule has 1 unspecified atom stereocenters. The van der Waals surface area contributed by atoms with Gasteiger partial charge in [0.1, 0.15) is 0 Å². The fourth-order valence-corrected chi connectivity index (χ4v) is 2.55. The minimum atomic E-state index is -0.421. The molecule has 98 valence electrons. The average molecular weight is 246 g/mol. The molecule has 18 heavy (non-hydrogen) atoms. The largest absolute Gasteiger partial charge is 0.325 e. The normalized spacial score (nSPS) is 18.3. The Balaban J connectivity index is 2.39. The molecule has 0 spiro atoms. The van der Waals surface area contributed by atoms with E-state index >= 15 is 0 Å². The van der Waals surface area contributed by atoms with Crippen LogP contribution in [0.15, 0.2) is 18.2 Å². The molecule has 0 aliphatic carbocycles. The lowest BCUT2D eigenvalue weighted by molar-refractivity contribution is -0.119. The van der Waals surface area contributed by atoms with Crippen LogP contribution < -0.4 is 10.6 Å². The summed E-state index contributed by atoms with van der Waals surface area (Å²) in [6.07, 6.45) is 1.05. The van der Waals surface area contributed by atoms with Crippen molar-refractivity contribution in [2.24, 2.45) is 0 Å². The number of anilines is 1. The number of amides is 1. The number of fused-ring (bicyclic) bond motifs is 1. The van der Waals surface area contributed by atoms with Gasteiger partial charge in [-0.05, 0) is 44.0 Å². The second-order valence-corrected chi connectivity index (χ2v) is 5.40. The lowest BCUT2D eigenvalue weighted by Gasteiger charge is -2.20. The van der Waals surface area contributed by atoms with Crippen molar-refractivity contribution in [1.29, 1.82) is 0 Å². The van der Waals surface area contributed by atoms with E-state index in [1.165, 1.54) is 5.56 Å². The molecule has 2 rings (SSSR count). The van der Waals surface area contributed by atoms with Crippen molar-refractivity contribution in [3.05, 3.63) is 29.3 Å². The van der Waals surface area contributed by atoms with Crippen molar-refractivity contribution >= 4 is 11.6 Å². The Kier molecular flexibility index (Phi) is 3.44. The number of benzene rings is 1. The molecular weight excluding hydrogens is 224 g/mol. The molecule has 1 heterocycles. The number of carbonyl (C=O) groups is 1. The summed E-state index contributed by atoms with van der Waals surface area (Å²) < 4.78 is 0. The zero-order valence-corrected chi connectivity index (χ0v) is 11.6. The predicted molar refractivity (Wildman–Crippen MR) is 74.8 cm³/mol. The fraction of sp³-hybridized carbons (Fsp3) is 0.533. The van der Waals surface area contributed by atoms with E-state index in [1.807, 2.05) is 19.9 Å². The quantitative estimate of drug-likeness (QED) is 0.857. The summed E-state index contributed by atoms with van der Waals surface area (Å²) in [7, 11) is 0. The van der Waals surface area contributed by atoms with Gasteiger partial charge in [0.2, 0.25) is 5.91 Å². The predicted octanol–water partition coefficient (Wildman–Crippen LogP) is 2.98. The first-order valence-corrected chi connectivity index (χ1v) is 6.70. The van der Waals surface area contributed by atoms with E-state index in [1.54, 1.807) is 0 Å². The molecule has 3 nitrogen and oxygen atoms in total. The molecule has 1 atom stereocenters. The van der Waals surface area contributed by atoms with E-state index in [2.05, 4.69) is 36.6 Å². The number of hydrogen-bond donors (Lipinski definition) is 2. The highest BCUT2D eigenvalue weighted by Gasteiger charge is 2.38. The first-order chi connectivity index (χ1) is 8.50. The van der Waals surface area contributed by atoms with E-state index in [9.17, 15) is 4.79 Å². The Bertz CT molecular complexity index is 466. The molecule has 1 aliphatic heterocycles. The van der Waals surface area contributed by atoms with E-state index in [-0.39, 0.29) is 5.91 Å². The summed E-state index contributed by atoms with van der Waals surface area (Å²) in [6, 6.07) is 6.67. The molecule has 3 heteroatoms. The number of nitrogens with one attached hydrogen (secondary N) is 2. The molecule has 0 saturated heterocycles. The molecule has 0 saturated carbocycles. The third kappa shape index (κ3) is 2.03. The van der Waals surface area contributed by atoms with Crippen LogP contribution in [-0.4, -0.2) is 12.5 Å². The van der Waals surface area contributed by atoms with Gasteiger partial charge in [-0.3, -0.25) is 4.79 Å². The van der Waals surface area contributed by atoms with Crippen LogP contribution in [0.1, 0.15) is 51.3 Å². The minimum Gasteiger partial charge on any atom is -0.325 e. The summed E-state index contributed by atoms with van der Waals surface area (Å²) in [5, 5.41) is 6.42. The molecule has 1 aromatic carbocycles. The summed E-state index contributed by atoms with van der Waals surface area (Å²) in [6.45, 7) is 9.20. The molecular formula is C15H22N2O. The van der Waals surface area contributed by atoms with Gasteiger partial charge in [-0.15, -0.1) is 0 Å². The van der Waals surface area contributed by atoms with E-state index < -0.39 is 5.41 Å². The van der Waals surface area contributed by atoms with Crippen LogP contribution in [0.4, 0.5) is 5.69 Å². The van der Waals surface area contributed by atoms with Gasteiger partial charge in [-0.25, -0.2) is 0 Å². The number of carbonyl (C=O) groups excluding carboxylic acids is 1. The van der Waals surface area contributed by atoms with Crippen LogP contribution in [0.3, 0.4) is 0 Å². The van der Waals surface area contributed by atoms with Crippen molar-refractivity contribution < 1.29 is 4.79 Å². The first kappa shape index (κ1) is 13.1. The average Bonchev–Trinajstić information content (AvgIpc) is 2.57. The minimum absolute atomic E-state index is 0.0890. The van der Waals surface area contributed by atoms with Gasteiger partial charge in [0.15, 0.2) is 0 Å². The van der Waals surface area contributed by atoms with Gasteiger partial charge < -0.3 is 10.6 Å². The van der Waals surface area contributed by atoms with Crippen molar-refractivity contribution in [2.45, 2.75) is 45.6 Å². The number of rotatable bonds is 4. The van der Waals surface area contributed by atoms with Crippen molar-refractivity contribution in [1.82, 2.24) is 5.32 Å². The van der Waals surface area contributed by atoms with Crippen molar-refractivity contribution in [2.75, 3.05) is 11.9 Å². The van der Waals surface area contributed by atoms with Crippen molar-refractivity contribution in [3.63, 3.8) is 0 Å². The standard InChI is InChI=1S/C15H22N2O/c1-5-12(16-6-2)10-7-8-13-11(9-10)15(3,4)14(18)17-13/h7-9,12,16H,5-6H2,1-4H3,(H,17,18). The van der Waals surface area contributed by atoms with Gasteiger partial charge in [-0.2, -0.15) is 0 Å². The molecule has 0 radical (unpaired) electrons. The van der Waals surface area contributed by atoms with E-state index in [4.69, 9.17) is 0 Å². The molecule has 2 N–H and O–H groups in total. The Morgan fingerprint density at radius 3 is 2.67 bits per heavy atom. The van der Waals surface area contributed by atoms with Gasteiger partial charge >= 0.3 is 0 Å². The van der Waals surface area contributed by atoms with E-state index in [0.29, 0.717) is 6.04 Å². The van der Waals surface area contributed by atoms with Gasteiger partial charge in [-0.1, -0.05) is 26.0 Å². The molecule has 0 bridgehead atoms. The monoisotopic (exact) mass is 246 g/mol. The maximum Gasteiger partial charge on any atom is 0.234 e.